The molecule has 0 unspecified atom stereocenters. The number of fused-ring (bicyclic) bond motifs is 2. The van der Waals surface area contributed by atoms with Crippen LogP contribution in [-0.2, 0) is 0 Å². The maximum Gasteiger partial charge on any atom is 0.117 e. The fourth-order valence-corrected chi connectivity index (χ4v) is 1.80. The number of phenolic OH excluding ortho intramolecular Hbond substituents is 2. The molecular formula is C13H9NNa2O2. The van der Waals surface area contributed by atoms with E-state index in [1.807, 2.05) is 18.2 Å². The molecule has 0 spiro atoms. The van der Waals surface area contributed by atoms with Gasteiger partial charge in [0.15, 0.2) is 0 Å². The molecule has 3 nitrogen and oxygen atoms in total. The summed E-state index contributed by atoms with van der Waals surface area (Å²) >= 11 is 0. The van der Waals surface area contributed by atoms with Crippen LogP contribution in [-0.4, -0.2) is 74.3 Å². The normalized spacial score (nSPS) is 9.78. The average Bonchev–Trinajstić information content (AvgIpc) is 2.26. The van der Waals surface area contributed by atoms with Gasteiger partial charge in [-0.2, -0.15) is 0 Å². The van der Waals surface area contributed by atoms with Crippen molar-refractivity contribution in [2.24, 2.45) is 0 Å². The summed E-state index contributed by atoms with van der Waals surface area (Å²) in [5, 5.41) is 20.7. The molecule has 2 radical (unpaired) electrons. The maximum absolute atomic E-state index is 9.37. The number of hydrogen-bond donors (Lipinski definition) is 2. The van der Waals surface area contributed by atoms with Crippen LogP contribution >= 0.6 is 0 Å². The zero-order valence-electron chi connectivity index (χ0n) is 10.4. The predicted molar refractivity (Wildman–Crippen MR) is 74.1 cm³/mol. The molecule has 5 heteroatoms. The molecule has 0 aliphatic heterocycles. The monoisotopic (exact) mass is 257 g/mol. The van der Waals surface area contributed by atoms with Crippen molar-refractivity contribution in [1.82, 2.24) is 4.98 Å². The molecule has 3 aromatic rings. The Morgan fingerprint density at radius 2 is 1.11 bits per heavy atom. The summed E-state index contributed by atoms with van der Waals surface area (Å²) in [6.07, 6.45) is 0. The number of pyridine rings is 1. The van der Waals surface area contributed by atoms with Crippen LogP contribution in [0.25, 0.3) is 21.8 Å². The summed E-state index contributed by atoms with van der Waals surface area (Å²) in [6.45, 7) is 0. The minimum Gasteiger partial charge on any atom is -0.508 e. The molecule has 0 amide bonds. The van der Waals surface area contributed by atoms with Crippen molar-refractivity contribution in [2.75, 3.05) is 0 Å². The van der Waals surface area contributed by atoms with Crippen LogP contribution in [0.15, 0.2) is 42.5 Å². The first-order valence-electron chi connectivity index (χ1n) is 4.95. The van der Waals surface area contributed by atoms with E-state index in [9.17, 15) is 10.2 Å². The molecular weight excluding hydrogens is 248 g/mol. The predicted octanol–water partition coefficient (Wildman–Crippen LogP) is 2.04. The molecule has 18 heavy (non-hydrogen) atoms. The van der Waals surface area contributed by atoms with E-state index in [0.717, 1.165) is 21.8 Å². The Balaban J connectivity index is 0.000000810. The molecule has 1 heterocycles. The Kier molecular flexibility index (Phi) is 5.46. The quantitative estimate of drug-likeness (QED) is 0.478. The van der Waals surface area contributed by atoms with Gasteiger partial charge in [0.1, 0.15) is 11.5 Å². The van der Waals surface area contributed by atoms with E-state index in [1.165, 1.54) is 0 Å². The van der Waals surface area contributed by atoms with E-state index < -0.39 is 0 Å². The van der Waals surface area contributed by atoms with E-state index in [1.54, 1.807) is 24.3 Å². The van der Waals surface area contributed by atoms with Crippen molar-refractivity contribution < 1.29 is 10.2 Å². The van der Waals surface area contributed by atoms with Crippen molar-refractivity contribution in [2.45, 2.75) is 0 Å². The van der Waals surface area contributed by atoms with Gasteiger partial charge in [-0.3, -0.25) is 0 Å². The summed E-state index contributed by atoms with van der Waals surface area (Å²) in [4.78, 5) is 4.38. The number of aromatic nitrogens is 1. The summed E-state index contributed by atoms with van der Waals surface area (Å²) in [7, 11) is 0. The first kappa shape index (κ1) is 15.8. The topological polar surface area (TPSA) is 53.4 Å². The smallest absolute Gasteiger partial charge is 0.117 e. The van der Waals surface area contributed by atoms with Crippen molar-refractivity contribution >= 4 is 80.9 Å². The van der Waals surface area contributed by atoms with Gasteiger partial charge < -0.3 is 10.2 Å². The molecule has 1 aromatic heterocycles. The van der Waals surface area contributed by atoms with E-state index >= 15 is 0 Å². The molecule has 0 aliphatic carbocycles. The van der Waals surface area contributed by atoms with Crippen LogP contribution in [0.3, 0.4) is 0 Å². The minimum atomic E-state index is 0. The number of aromatic hydroxyl groups is 2. The molecule has 0 saturated carbocycles. The Labute approximate surface area is 148 Å². The van der Waals surface area contributed by atoms with Gasteiger partial charge in [0.05, 0.1) is 11.0 Å². The fraction of sp³-hybridized carbons (Fsp3) is 0. The maximum atomic E-state index is 9.37. The summed E-state index contributed by atoms with van der Waals surface area (Å²) in [6, 6.07) is 12.1. The van der Waals surface area contributed by atoms with Crippen molar-refractivity contribution in [1.29, 1.82) is 0 Å². The first-order chi connectivity index (χ1) is 7.72. The Morgan fingerprint density at radius 3 is 1.56 bits per heavy atom. The largest absolute Gasteiger partial charge is 0.508 e. The molecule has 2 aromatic carbocycles. The van der Waals surface area contributed by atoms with Crippen LogP contribution in [0.5, 0.6) is 11.5 Å². The summed E-state index contributed by atoms with van der Waals surface area (Å²) < 4.78 is 0. The van der Waals surface area contributed by atoms with E-state index in [4.69, 9.17) is 0 Å². The second-order valence-corrected chi connectivity index (χ2v) is 3.74. The molecule has 0 aliphatic rings. The number of phenols is 2. The van der Waals surface area contributed by atoms with E-state index in [-0.39, 0.29) is 70.6 Å². The second kappa shape index (κ2) is 6.24. The van der Waals surface area contributed by atoms with Crippen LogP contribution < -0.4 is 0 Å². The molecule has 0 saturated heterocycles. The van der Waals surface area contributed by atoms with Crippen molar-refractivity contribution in [3.05, 3.63) is 42.5 Å². The van der Waals surface area contributed by atoms with E-state index in [2.05, 4.69) is 4.98 Å². The number of nitrogens with zero attached hydrogens (tertiary/aromatic N) is 1. The number of benzene rings is 2. The number of hydrogen-bond acceptors (Lipinski definition) is 3. The Hall–Kier alpha value is -0.290. The third kappa shape index (κ3) is 2.99. The second-order valence-electron chi connectivity index (χ2n) is 3.74. The zero-order valence-corrected chi connectivity index (χ0v) is 14.4. The van der Waals surface area contributed by atoms with Gasteiger partial charge in [0, 0.05) is 82.0 Å². The number of rotatable bonds is 0. The van der Waals surface area contributed by atoms with Crippen LogP contribution in [0.4, 0.5) is 0 Å². The third-order valence-corrected chi connectivity index (χ3v) is 2.58. The van der Waals surface area contributed by atoms with Gasteiger partial charge in [-0.25, -0.2) is 4.98 Å². The van der Waals surface area contributed by atoms with Gasteiger partial charge in [-0.15, -0.1) is 0 Å². The molecule has 80 valence electrons. The molecule has 3 rings (SSSR count). The third-order valence-electron chi connectivity index (χ3n) is 2.58. The van der Waals surface area contributed by atoms with Crippen LogP contribution in [0.1, 0.15) is 0 Å². The Bertz CT molecular complexity index is 644. The molecule has 0 fully saturated rings. The molecule has 0 bridgehead atoms. The van der Waals surface area contributed by atoms with Crippen molar-refractivity contribution in [3.8, 4) is 11.5 Å². The molecule has 2 N–H and O–H groups in total. The average molecular weight is 257 g/mol. The summed E-state index contributed by atoms with van der Waals surface area (Å²) in [5.74, 6) is 0.388. The minimum absolute atomic E-state index is 0. The standard InChI is InChI=1S/C13H9NO2.2Na/c15-10-3-1-8-5-9-2-4-11(16)7-13(9)14-12(8)6-10;;/h1-7,15-16H;;. The fourth-order valence-electron chi connectivity index (χ4n) is 1.80. The van der Waals surface area contributed by atoms with Gasteiger partial charge in [0.25, 0.3) is 0 Å². The zero-order chi connectivity index (χ0) is 11.1. The SMILES string of the molecule is Oc1ccc2cc3ccc(O)cc3nc2c1.[Na].[Na]. The van der Waals surface area contributed by atoms with Crippen LogP contribution in [0, 0.1) is 0 Å². The van der Waals surface area contributed by atoms with Gasteiger partial charge >= 0.3 is 0 Å². The van der Waals surface area contributed by atoms with Crippen LogP contribution in [0.2, 0.25) is 0 Å². The van der Waals surface area contributed by atoms with Crippen molar-refractivity contribution in [3.63, 3.8) is 0 Å². The van der Waals surface area contributed by atoms with Gasteiger partial charge in [-0.05, 0) is 30.3 Å². The Morgan fingerprint density at radius 1 is 0.667 bits per heavy atom. The van der Waals surface area contributed by atoms with Gasteiger partial charge in [0.2, 0.25) is 0 Å². The van der Waals surface area contributed by atoms with Gasteiger partial charge in [-0.1, -0.05) is 0 Å². The molecule has 0 atom stereocenters. The first-order valence-corrected chi connectivity index (χ1v) is 4.95. The van der Waals surface area contributed by atoms with E-state index in [0.29, 0.717) is 0 Å². The summed E-state index contributed by atoms with van der Waals surface area (Å²) in [5.41, 5.74) is 1.44.